The van der Waals surface area contributed by atoms with Crippen LogP contribution in [0.15, 0.2) is 194 Å². The summed E-state index contributed by atoms with van der Waals surface area (Å²) in [6.07, 6.45) is 7.24. The molecule has 0 saturated carbocycles. The second-order valence-corrected chi connectivity index (χ2v) is 13.9. The SMILES string of the molecule is C1=CC2c3c(c4ccccc4c4ccccc34)N(c3ccccc3)C2C=C1N(c1ccc(-n2nc3ccccc3n2)cc1)c1ccc2ccccc2c1. The van der Waals surface area contributed by atoms with Crippen molar-refractivity contribution < 1.29 is 0 Å². The summed E-state index contributed by atoms with van der Waals surface area (Å²) in [4.78, 5) is 6.69. The predicted octanol–water partition coefficient (Wildman–Crippen LogP) is 11.8. The van der Waals surface area contributed by atoms with Gasteiger partial charge >= 0.3 is 0 Å². The van der Waals surface area contributed by atoms with E-state index in [-0.39, 0.29) is 12.0 Å². The summed E-state index contributed by atoms with van der Waals surface area (Å²) in [5.74, 6) is 0.171. The van der Waals surface area contributed by atoms with E-state index in [1.165, 1.54) is 49.3 Å². The van der Waals surface area contributed by atoms with Gasteiger partial charge in [-0.15, -0.1) is 10.2 Å². The first-order chi connectivity index (χ1) is 26.3. The van der Waals surface area contributed by atoms with E-state index < -0.39 is 0 Å². The molecule has 5 nitrogen and oxygen atoms in total. The van der Waals surface area contributed by atoms with Gasteiger partial charge in [0.15, 0.2) is 0 Å². The number of anilines is 4. The molecule has 0 spiro atoms. The largest absolute Gasteiger partial charge is 0.333 e. The summed E-state index contributed by atoms with van der Waals surface area (Å²) in [5, 5.41) is 17.1. The molecular formula is C48H33N5. The van der Waals surface area contributed by atoms with Crippen molar-refractivity contribution in [2.24, 2.45) is 0 Å². The summed E-state index contributed by atoms with van der Waals surface area (Å²) >= 11 is 0. The van der Waals surface area contributed by atoms with E-state index >= 15 is 0 Å². The molecule has 0 bridgehead atoms. The summed E-state index contributed by atoms with van der Waals surface area (Å²) in [7, 11) is 0. The van der Waals surface area contributed by atoms with Crippen molar-refractivity contribution in [2.45, 2.75) is 12.0 Å². The van der Waals surface area contributed by atoms with Gasteiger partial charge in [0.1, 0.15) is 11.0 Å². The second-order valence-electron chi connectivity index (χ2n) is 13.9. The van der Waals surface area contributed by atoms with Crippen molar-refractivity contribution >= 4 is 66.1 Å². The number of hydrogen-bond donors (Lipinski definition) is 0. The molecule has 1 aliphatic carbocycles. The van der Waals surface area contributed by atoms with Gasteiger partial charge < -0.3 is 9.80 Å². The number of para-hydroxylation sites is 1. The number of nitrogens with zero attached hydrogens (tertiary/aromatic N) is 5. The molecule has 1 aliphatic heterocycles. The number of hydrogen-bond acceptors (Lipinski definition) is 4. The monoisotopic (exact) mass is 679 g/mol. The lowest BCUT2D eigenvalue weighted by molar-refractivity contribution is 0.738. The zero-order valence-corrected chi connectivity index (χ0v) is 28.8. The first-order valence-corrected chi connectivity index (χ1v) is 18.2. The first kappa shape index (κ1) is 29.7. The lowest BCUT2D eigenvalue weighted by atomic mass is 9.85. The van der Waals surface area contributed by atoms with Crippen molar-refractivity contribution in [3.05, 3.63) is 199 Å². The number of fused-ring (bicyclic) bond motifs is 10. The van der Waals surface area contributed by atoms with E-state index in [9.17, 15) is 0 Å². The van der Waals surface area contributed by atoms with Crippen LogP contribution in [0.5, 0.6) is 0 Å². The quantitative estimate of drug-likeness (QED) is 0.170. The molecule has 0 N–H and O–H groups in total. The number of allylic oxidation sites excluding steroid dienone is 1. The highest BCUT2D eigenvalue weighted by molar-refractivity contribution is 6.17. The maximum atomic E-state index is 4.74. The molecule has 250 valence electrons. The van der Waals surface area contributed by atoms with Crippen molar-refractivity contribution in [2.75, 3.05) is 9.80 Å². The van der Waals surface area contributed by atoms with Gasteiger partial charge in [-0.2, -0.15) is 4.80 Å². The molecule has 5 heteroatoms. The minimum Gasteiger partial charge on any atom is -0.333 e. The molecule has 9 aromatic rings. The maximum absolute atomic E-state index is 4.74. The van der Waals surface area contributed by atoms with Crippen LogP contribution in [0.3, 0.4) is 0 Å². The van der Waals surface area contributed by atoms with E-state index in [1.54, 1.807) is 4.80 Å². The molecule has 2 atom stereocenters. The molecule has 2 aliphatic rings. The third-order valence-electron chi connectivity index (χ3n) is 10.9. The highest BCUT2D eigenvalue weighted by Gasteiger charge is 2.41. The van der Waals surface area contributed by atoms with Gasteiger partial charge in [-0.05, 0) is 105 Å². The van der Waals surface area contributed by atoms with Crippen LogP contribution in [0, 0.1) is 0 Å². The van der Waals surface area contributed by atoms with Crippen LogP contribution in [-0.2, 0) is 0 Å². The van der Waals surface area contributed by atoms with Gasteiger partial charge in [0, 0.05) is 34.1 Å². The fourth-order valence-electron chi connectivity index (χ4n) is 8.56. The van der Waals surface area contributed by atoms with Gasteiger partial charge in [0.05, 0.1) is 17.4 Å². The van der Waals surface area contributed by atoms with Crippen LogP contribution >= 0.6 is 0 Å². The maximum Gasteiger partial charge on any atom is 0.113 e. The fraction of sp³-hybridized carbons (Fsp3) is 0.0417. The van der Waals surface area contributed by atoms with Gasteiger partial charge in [0.2, 0.25) is 0 Å². The van der Waals surface area contributed by atoms with Crippen LogP contribution in [0.25, 0.3) is 49.0 Å². The highest BCUT2D eigenvalue weighted by atomic mass is 15.5. The Morgan fingerprint density at radius 1 is 0.491 bits per heavy atom. The van der Waals surface area contributed by atoms with Crippen LogP contribution in [-0.4, -0.2) is 21.0 Å². The molecule has 1 aromatic heterocycles. The normalized spacial score (nSPS) is 16.3. The molecule has 2 unspecified atom stereocenters. The van der Waals surface area contributed by atoms with Crippen molar-refractivity contribution in [1.29, 1.82) is 0 Å². The summed E-state index contributed by atoms with van der Waals surface area (Å²) in [5.41, 5.74) is 9.83. The van der Waals surface area contributed by atoms with Gasteiger partial charge in [-0.25, -0.2) is 0 Å². The fourth-order valence-corrected chi connectivity index (χ4v) is 8.56. The van der Waals surface area contributed by atoms with E-state index in [0.717, 1.165) is 33.8 Å². The zero-order valence-electron chi connectivity index (χ0n) is 28.8. The number of benzene rings is 8. The second kappa shape index (κ2) is 11.8. The molecule has 53 heavy (non-hydrogen) atoms. The Bertz CT molecular complexity index is 2890. The Morgan fingerprint density at radius 3 is 1.85 bits per heavy atom. The van der Waals surface area contributed by atoms with E-state index in [0.29, 0.717) is 0 Å². The summed E-state index contributed by atoms with van der Waals surface area (Å²) < 4.78 is 0. The van der Waals surface area contributed by atoms with Crippen LogP contribution in [0.1, 0.15) is 11.5 Å². The predicted molar refractivity (Wildman–Crippen MR) is 219 cm³/mol. The smallest absolute Gasteiger partial charge is 0.113 e. The molecule has 0 saturated heterocycles. The lowest BCUT2D eigenvalue weighted by Crippen LogP contribution is -2.31. The van der Waals surface area contributed by atoms with Crippen molar-refractivity contribution in [3.8, 4) is 5.69 Å². The first-order valence-electron chi connectivity index (χ1n) is 18.2. The van der Waals surface area contributed by atoms with Crippen molar-refractivity contribution in [1.82, 2.24) is 15.0 Å². The average molecular weight is 680 g/mol. The molecule has 11 rings (SSSR count). The standard InChI is InChI=1S/C48H33N5/c1-2-14-34(15-3-1)52-46-31-38(28-29-43(46)47-41-18-8-6-16-39(41)40-17-7-9-19-42(40)48(47)52)51(37-23-22-32-12-4-5-13-33(32)30-37)35-24-26-36(27-25-35)53-49-44-20-10-11-21-45(44)50-53/h1-31,43,46H. The molecule has 0 amide bonds. The number of aromatic nitrogens is 3. The minimum absolute atomic E-state index is 0.0598. The van der Waals surface area contributed by atoms with Crippen LogP contribution in [0.2, 0.25) is 0 Å². The van der Waals surface area contributed by atoms with E-state index in [4.69, 9.17) is 10.2 Å². The third kappa shape index (κ3) is 4.71. The Balaban J connectivity index is 1.09. The molecule has 0 radical (unpaired) electrons. The lowest BCUT2D eigenvalue weighted by Gasteiger charge is -2.34. The Morgan fingerprint density at radius 2 is 1.09 bits per heavy atom. The molecule has 8 aromatic carbocycles. The topological polar surface area (TPSA) is 37.2 Å². The van der Waals surface area contributed by atoms with E-state index in [2.05, 4.69) is 174 Å². The highest BCUT2D eigenvalue weighted by Crippen LogP contribution is 2.55. The average Bonchev–Trinajstić information content (AvgIpc) is 3.82. The molecule has 2 heterocycles. The Kier molecular flexibility index (Phi) is 6.61. The summed E-state index contributed by atoms with van der Waals surface area (Å²) in [6, 6.07) is 60.6. The van der Waals surface area contributed by atoms with E-state index in [1.807, 2.05) is 24.3 Å². The molecule has 0 fully saturated rings. The van der Waals surface area contributed by atoms with Crippen molar-refractivity contribution in [3.63, 3.8) is 0 Å². The molecular weight excluding hydrogens is 647 g/mol. The Hall–Kier alpha value is -6.98. The van der Waals surface area contributed by atoms with Crippen LogP contribution in [0.4, 0.5) is 22.7 Å². The Labute approximate surface area is 307 Å². The minimum atomic E-state index is 0.0598. The summed E-state index contributed by atoms with van der Waals surface area (Å²) in [6.45, 7) is 0. The zero-order chi connectivity index (χ0) is 34.9. The van der Waals surface area contributed by atoms with Gasteiger partial charge in [-0.3, -0.25) is 0 Å². The van der Waals surface area contributed by atoms with Gasteiger partial charge in [-0.1, -0.05) is 115 Å². The number of rotatable bonds is 5. The van der Waals surface area contributed by atoms with Crippen LogP contribution < -0.4 is 9.80 Å². The van der Waals surface area contributed by atoms with Gasteiger partial charge in [0.25, 0.3) is 0 Å². The third-order valence-corrected chi connectivity index (χ3v) is 10.9.